The largest absolute Gasteiger partial charge is 0.354 e. The van der Waals surface area contributed by atoms with Gasteiger partial charge in [-0.05, 0) is 63.2 Å². The quantitative estimate of drug-likeness (QED) is 0.762. The predicted molar refractivity (Wildman–Crippen MR) is 116 cm³/mol. The molecule has 2 atom stereocenters. The molecule has 0 aliphatic carbocycles. The Morgan fingerprint density at radius 1 is 1.13 bits per heavy atom. The Labute approximate surface area is 177 Å². The minimum absolute atomic E-state index is 0.00785. The molecule has 1 aliphatic heterocycles. The maximum Gasteiger partial charge on any atom is 0.253 e. The van der Waals surface area contributed by atoms with Crippen LogP contribution in [-0.4, -0.2) is 61.4 Å². The summed E-state index contributed by atoms with van der Waals surface area (Å²) in [6.07, 6.45) is 2.41. The zero-order valence-corrected chi connectivity index (χ0v) is 17.7. The van der Waals surface area contributed by atoms with E-state index in [-0.39, 0.29) is 29.6 Å². The smallest absolute Gasteiger partial charge is 0.253 e. The molecule has 3 rings (SSSR count). The Morgan fingerprint density at radius 2 is 1.83 bits per heavy atom. The monoisotopic (exact) mass is 411 g/mol. The van der Waals surface area contributed by atoms with E-state index in [0.717, 1.165) is 19.3 Å². The minimum atomic E-state index is -0.367. The summed E-state index contributed by atoms with van der Waals surface area (Å²) in [5.74, 6) is -0.745. The molecular weight excluding hydrogens is 381 g/mol. The molecule has 0 saturated carbocycles. The van der Waals surface area contributed by atoms with Gasteiger partial charge in [-0.3, -0.25) is 9.59 Å². The standard InChI is InChI=1S/C24H30FN3O2/c1-27(2)22(15-18-7-4-3-5-8-18)16-26-23(29)20-9-6-14-28(17-20)24(30)19-10-12-21(25)13-11-19/h3-5,7-8,10-13,20,22H,6,9,14-17H2,1-2H3,(H,26,29). The first kappa shape index (κ1) is 22.0. The first-order chi connectivity index (χ1) is 14.4. The molecule has 0 aromatic heterocycles. The molecule has 1 aliphatic rings. The fourth-order valence-electron chi connectivity index (χ4n) is 3.84. The van der Waals surface area contributed by atoms with E-state index in [9.17, 15) is 14.0 Å². The third kappa shape index (κ3) is 5.89. The summed E-state index contributed by atoms with van der Waals surface area (Å²) in [5.41, 5.74) is 1.69. The van der Waals surface area contributed by atoms with E-state index in [1.165, 1.54) is 29.8 Å². The lowest BCUT2D eigenvalue weighted by Gasteiger charge is -2.33. The molecule has 5 nitrogen and oxygen atoms in total. The zero-order chi connectivity index (χ0) is 21.5. The number of nitrogens with zero attached hydrogens (tertiary/aromatic N) is 2. The number of nitrogens with one attached hydrogen (secondary N) is 1. The van der Waals surface area contributed by atoms with Gasteiger partial charge in [0.15, 0.2) is 0 Å². The van der Waals surface area contributed by atoms with Gasteiger partial charge in [0.2, 0.25) is 5.91 Å². The van der Waals surface area contributed by atoms with Gasteiger partial charge < -0.3 is 15.1 Å². The zero-order valence-electron chi connectivity index (χ0n) is 17.7. The Bertz CT molecular complexity index is 839. The van der Waals surface area contributed by atoms with Crippen molar-refractivity contribution in [3.05, 3.63) is 71.5 Å². The molecule has 2 aromatic carbocycles. The van der Waals surface area contributed by atoms with E-state index in [2.05, 4.69) is 22.3 Å². The molecule has 1 fully saturated rings. The summed E-state index contributed by atoms with van der Waals surface area (Å²) >= 11 is 0. The summed E-state index contributed by atoms with van der Waals surface area (Å²) in [6.45, 7) is 1.57. The van der Waals surface area contributed by atoms with Crippen LogP contribution in [0.25, 0.3) is 0 Å². The van der Waals surface area contributed by atoms with E-state index < -0.39 is 0 Å². The van der Waals surface area contributed by atoms with E-state index in [0.29, 0.717) is 25.2 Å². The van der Waals surface area contributed by atoms with Crippen LogP contribution in [0.4, 0.5) is 4.39 Å². The first-order valence-corrected chi connectivity index (χ1v) is 10.5. The number of hydrogen-bond acceptors (Lipinski definition) is 3. The molecule has 1 heterocycles. The van der Waals surface area contributed by atoms with Crippen LogP contribution < -0.4 is 5.32 Å². The number of likely N-dealkylation sites (tertiary alicyclic amines) is 1. The highest BCUT2D eigenvalue weighted by Crippen LogP contribution is 2.19. The Kier molecular flexibility index (Phi) is 7.57. The second-order valence-corrected chi connectivity index (χ2v) is 8.15. The van der Waals surface area contributed by atoms with Crippen LogP contribution in [0.3, 0.4) is 0 Å². The van der Waals surface area contributed by atoms with Crippen molar-refractivity contribution in [3.63, 3.8) is 0 Å². The van der Waals surface area contributed by atoms with Crippen molar-refractivity contribution in [2.75, 3.05) is 33.7 Å². The second-order valence-electron chi connectivity index (χ2n) is 8.15. The fraction of sp³-hybridized carbons (Fsp3) is 0.417. The number of halogens is 1. The molecule has 2 amide bonds. The van der Waals surface area contributed by atoms with Crippen LogP contribution in [0.1, 0.15) is 28.8 Å². The average molecular weight is 412 g/mol. The molecule has 0 spiro atoms. The van der Waals surface area contributed by atoms with Crippen molar-refractivity contribution in [1.29, 1.82) is 0 Å². The minimum Gasteiger partial charge on any atom is -0.354 e. The van der Waals surface area contributed by atoms with Crippen molar-refractivity contribution in [2.24, 2.45) is 5.92 Å². The summed E-state index contributed by atoms with van der Waals surface area (Å²) in [5, 5.41) is 3.09. The molecular formula is C24H30FN3O2. The third-order valence-electron chi connectivity index (χ3n) is 5.73. The number of benzene rings is 2. The number of likely N-dealkylation sites (N-methyl/N-ethyl adjacent to an activating group) is 1. The SMILES string of the molecule is CN(C)C(CNC(=O)C1CCCN(C(=O)c2ccc(F)cc2)C1)Cc1ccccc1. The van der Waals surface area contributed by atoms with Crippen LogP contribution in [0.15, 0.2) is 54.6 Å². The molecule has 1 saturated heterocycles. The summed E-state index contributed by atoms with van der Waals surface area (Å²) < 4.78 is 13.1. The van der Waals surface area contributed by atoms with Crippen molar-refractivity contribution in [2.45, 2.75) is 25.3 Å². The Morgan fingerprint density at radius 3 is 2.50 bits per heavy atom. The van der Waals surface area contributed by atoms with Gasteiger partial charge in [0.25, 0.3) is 5.91 Å². The van der Waals surface area contributed by atoms with E-state index in [1.807, 2.05) is 32.3 Å². The predicted octanol–water partition coefficient (Wildman–Crippen LogP) is 2.97. The first-order valence-electron chi connectivity index (χ1n) is 10.5. The van der Waals surface area contributed by atoms with Crippen LogP contribution in [0.2, 0.25) is 0 Å². The van der Waals surface area contributed by atoms with Gasteiger partial charge in [0.1, 0.15) is 5.82 Å². The van der Waals surface area contributed by atoms with Gasteiger partial charge >= 0.3 is 0 Å². The van der Waals surface area contributed by atoms with E-state index in [1.54, 1.807) is 4.90 Å². The molecule has 2 unspecified atom stereocenters. The lowest BCUT2D eigenvalue weighted by Crippen LogP contribution is -2.48. The normalized spacial score (nSPS) is 17.6. The molecule has 1 N–H and O–H groups in total. The highest BCUT2D eigenvalue weighted by atomic mass is 19.1. The topological polar surface area (TPSA) is 52.7 Å². The lowest BCUT2D eigenvalue weighted by atomic mass is 9.96. The second kappa shape index (κ2) is 10.3. The molecule has 0 radical (unpaired) electrons. The number of carbonyl (C=O) groups excluding carboxylic acids is 2. The highest BCUT2D eigenvalue weighted by molar-refractivity contribution is 5.94. The van der Waals surface area contributed by atoms with Gasteiger partial charge in [-0.2, -0.15) is 0 Å². The van der Waals surface area contributed by atoms with Gasteiger partial charge in [0.05, 0.1) is 5.92 Å². The average Bonchev–Trinajstić information content (AvgIpc) is 2.77. The van der Waals surface area contributed by atoms with Crippen molar-refractivity contribution in [1.82, 2.24) is 15.1 Å². The molecule has 160 valence electrons. The van der Waals surface area contributed by atoms with Crippen molar-refractivity contribution in [3.8, 4) is 0 Å². The maximum atomic E-state index is 13.1. The molecule has 6 heteroatoms. The Hall–Kier alpha value is -2.73. The van der Waals surface area contributed by atoms with Crippen molar-refractivity contribution < 1.29 is 14.0 Å². The summed E-state index contributed by atoms with van der Waals surface area (Å²) in [7, 11) is 4.03. The lowest BCUT2D eigenvalue weighted by molar-refractivity contribution is -0.126. The van der Waals surface area contributed by atoms with Crippen LogP contribution in [0, 0.1) is 11.7 Å². The number of rotatable bonds is 7. The number of amides is 2. The van der Waals surface area contributed by atoms with Crippen LogP contribution >= 0.6 is 0 Å². The molecule has 0 bridgehead atoms. The number of piperidine rings is 1. The maximum absolute atomic E-state index is 13.1. The van der Waals surface area contributed by atoms with Gasteiger partial charge in [0, 0.05) is 31.2 Å². The Balaban J connectivity index is 1.55. The van der Waals surface area contributed by atoms with Gasteiger partial charge in [-0.1, -0.05) is 30.3 Å². The summed E-state index contributed by atoms with van der Waals surface area (Å²) in [6, 6.07) is 16.0. The van der Waals surface area contributed by atoms with Gasteiger partial charge in [-0.15, -0.1) is 0 Å². The van der Waals surface area contributed by atoms with E-state index >= 15 is 0 Å². The molecule has 30 heavy (non-hydrogen) atoms. The fourth-order valence-corrected chi connectivity index (χ4v) is 3.84. The van der Waals surface area contributed by atoms with Crippen molar-refractivity contribution >= 4 is 11.8 Å². The molecule has 2 aromatic rings. The van der Waals surface area contributed by atoms with Crippen LogP contribution in [-0.2, 0) is 11.2 Å². The summed E-state index contributed by atoms with van der Waals surface area (Å²) in [4.78, 5) is 29.3. The number of carbonyl (C=O) groups is 2. The van der Waals surface area contributed by atoms with E-state index in [4.69, 9.17) is 0 Å². The highest BCUT2D eigenvalue weighted by Gasteiger charge is 2.29. The number of hydrogen-bond donors (Lipinski definition) is 1. The van der Waals surface area contributed by atoms with Crippen LogP contribution in [0.5, 0.6) is 0 Å². The van der Waals surface area contributed by atoms with Gasteiger partial charge in [-0.25, -0.2) is 4.39 Å². The third-order valence-corrected chi connectivity index (χ3v) is 5.73.